The quantitative estimate of drug-likeness (QED) is 0.514. The molecule has 0 saturated carbocycles. The SMILES string of the molecule is COc1cnc(-c2cn3ccnc3c(Cc3ccccc3F)n2)nc1Cl. The number of rotatable bonds is 4. The number of fused-ring (bicyclic) bond motifs is 1. The van der Waals surface area contributed by atoms with E-state index < -0.39 is 0 Å². The Labute approximate surface area is 153 Å². The van der Waals surface area contributed by atoms with E-state index in [4.69, 9.17) is 16.3 Å². The third-order valence-electron chi connectivity index (χ3n) is 3.92. The lowest BCUT2D eigenvalue weighted by Crippen LogP contribution is -2.03. The first-order chi connectivity index (χ1) is 12.7. The highest BCUT2D eigenvalue weighted by atomic mass is 35.5. The van der Waals surface area contributed by atoms with Crippen LogP contribution in [0.3, 0.4) is 0 Å². The Morgan fingerprint density at radius 3 is 2.81 bits per heavy atom. The number of methoxy groups -OCH3 is 1. The molecule has 4 rings (SSSR count). The topological polar surface area (TPSA) is 65.2 Å². The molecule has 0 aliphatic rings. The molecule has 0 N–H and O–H groups in total. The van der Waals surface area contributed by atoms with E-state index in [-0.39, 0.29) is 11.0 Å². The van der Waals surface area contributed by atoms with Crippen molar-refractivity contribution in [3.05, 3.63) is 71.3 Å². The van der Waals surface area contributed by atoms with Gasteiger partial charge in [-0.3, -0.25) is 0 Å². The first-order valence-electron chi connectivity index (χ1n) is 7.78. The molecule has 0 fully saturated rings. The molecule has 3 aromatic heterocycles. The highest BCUT2D eigenvalue weighted by molar-refractivity contribution is 6.30. The zero-order chi connectivity index (χ0) is 18.1. The number of nitrogens with zero attached hydrogens (tertiary/aromatic N) is 5. The molecule has 0 saturated heterocycles. The van der Waals surface area contributed by atoms with Crippen molar-refractivity contribution in [2.45, 2.75) is 6.42 Å². The minimum Gasteiger partial charge on any atom is -0.492 e. The van der Waals surface area contributed by atoms with Gasteiger partial charge < -0.3 is 9.14 Å². The summed E-state index contributed by atoms with van der Waals surface area (Å²) >= 11 is 6.09. The zero-order valence-corrected chi connectivity index (χ0v) is 14.5. The molecule has 4 aromatic rings. The molecule has 3 heterocycles. The number of halogens is 2. The third kappa shape index (κ3) is 2.97. The van der Waals surface area contributed by atoms with Crippen LogP contribution in [0.2, 0.25) is 5.15 Å². The molecular weight excluding hydrogens is 357 g/mol. The number of benzene rings is 1. The molecule has 0 spiro atoms. The zero-order valence-electron chi connectivity index (χ0n) is 13.7. The van der Waals surface area contributed by atoms with Gasteiger partial charge >= 0.3 is 0 Å². The average Bonchev–Trinajstić information content (AvgIpc) is 3.12. The molecule has 0 amide bonds. The molecule has 0 radical (unpaired) electrons. The van der Waals surface area contributed by atoms with Crippen LogP contribution >= 0.6 is 11.6 Å². The van der Waals surface area contributed by atoms with Gasteiger partial charge in [-0.2, -0.15) is 0 Å². The third-order valence-corrected chi connectivity index (χ3v) is 4.19. The standard InChI is InChI=1S/C18H13ClFN5O/c1-26-15-9-22-17(24-16(15)19)14-10-25-7-6-21-18(25)13(23-14)8-11-4-2-3-5-12(11)20/h2-7,9-10H,8H2,1H3. The summed E-state index contributed by atoms with van der Waals surface area (Å²) in [6.45, 7) is 0. The molecular formula is C18H13ClFN5O. The first-order valence-corrected chi connectivity index (χ1v) is 8.16. The molecule has 6 nitrogen and oxygen atoms in total. The normalized spacial score (nSPS) is 11.0. The molecule has 26 heavy (non-hydrogen) atoms. The number of imidazole rings is 1. The predicted octanol–water partition coefficient (Wildman–Crippen LogP) is 3.58. The Bertz CT molecular complexity index is 1100. The van der Waals surface area contributed by atoms with Gasteiger partial charge in [-0.05, 0) is 11.6 Å². The summed E-state index contributed by atoms with van der Waals surface area (Å²) in [5.41, 5.74) is 2.31. The Kier molecular flexibility index (Phi) is 4.22. The first kappa shape index (κ1) is 16.4. The lowest BCUT2D eigenvalue weighted by atomic mass is 10.1. The molecule has 8 heteroatoms. The maximum Gasteiger partial charge on any atom is 0.181 e. The highest BCUT2D eigenvalue weighted by Crippen LogP contribution is 2.25. The summed E-state index contributed by atoms with van der Waals surface area (Å²) < 4.78 is 20.9. The average molecular weight is 370 g/mol. The van der Waals surface area contributed by atoms with Crippen molar-refractivity contribution >= 4 is 17.2 Å². The molecule has 0 atom stereocenters. The second kappa shape index (κ2) is 6.68. The van der Waals surface area contributed by atoms with Crippen LogP contribution < -0.4 is 4.74 Å². The summed E-state index contributed by atoms with van der Waals surface area (Å²) in [5, 5.41) is 0.195. The summed E-state index contributed by atoms with van der Waals surface area (Å²) in [6.07, 6.45) is 6.99. The van der Waals surface area contributed by atoms with Crippen molar-refractivity contribution in [1.82, 2.24) is 24.3 Å². The molecule has 0 unspecified atom stereocenters. The Hall–Kier alpha value is -3.06. The van der Waals surface area contributed by atoms with Crippen LogP contribution in [0.4, 0.5) is 4.39 Å². The van der Waals surface area contributed by atoms with Crippen LogP contribution in [0.15, 0.2) is 49.1 Å². The highest BCUT2D eigenvalue weighted by Gasteiger charge is 2.14. The fourth-order valence-corrected chi connectivity index (χ4v) is 2.86. The minimum atomic E-state index is -0.284. The number of aromatic nitrogens is 5. The molecule has 0 bridgehead atoms. The fraction of sp³-hybridized carbons (Fsp3) is 0.111. The van der Waals surface area contributed by atoms with E-state index in [0.717, 1.165) is 0 Å². The van der Waals surface area contributed by atoms with Crippen LogP contribution in [-0.4, -0.2) is 31.4 Å². The van der Waals surface area contributed by atoms with E-state index in [2.05, 4.69) is 19.9 Å². The van der Waals surface area contributed by atoms with Gasteiger partial charge in [-0.25, -0.2) is 24.3 Å². The van der Waals surface area contributed by atoms with Crippen molar-refractivity contribution in [2.75, 3.05) is 7.11 Å². The van der Waals surface area contributed by atoms with Crippen LogP contribution in [0.1, 0.15) is 11.3 Å². The lowest BCUT2D eigenvalue weighted by molar-refractivity contribution is 0.411. The van der Waals surface area contributed by atoms with Crippen molar-refractivity contribution in [3.8, 4) is 17.3 Å². The van der Waals surface area contributed by atoms with Crippen LogP contribution in [-0.2, 0) is 6.42 Å². The van der Waals surface area contributed by atoms with E-state index in [1.807, 2.05) is 0 Å². The van der Waals surface area contributed by atoms with Crippen molar-refractivity contribution in [1.29, 1.82) is 0 Å². The van der Waals surface area contributed by atoms with E-state index in [0.29, 0.717) is 40.6 Å². The van der Waals surface area contributed by atoms with Gasteiger partial charge in [0.2, 0.25) is 0 Å². The van der Waals surface area contributed by atoms with E-state index >= 15 is 0 Å². The monoisotopic (exact) mass is 369 g/mol. The van der Waals surface area contributed by atoms with Gasteiger partial charge in [-0.15, -0.1) is 0 Å². The summed E-state index contributed by atoms with van der Waals surface area (Å²) in [5.74, 6) is 0.444. The Balaban J connectivity index is 1.82. The van der Waals surface area contributed by atoms with Gasteiger partial charge in [0, 0.05) is 25.0 Å². The largest absolute Gasteiger partial charge is 0.492 e. The second-order valence-corrected chi connectivity index (χ2v) is 5.91. The fourth-order valence-electron chi connectivity index (χ4n) is 2.66. The van der Waals surface area contributed by atoms with E-state index in [1.165, 1.54) is 19.4 Å². The second-order valence-electron chi connectivity index (χ2n) is 5.55. The Morgan fingerprint density at radius 2 is 2.04 bits per heavy atom. The molecule has 0 aliphatic carbocycles. The van der Waals surface area contributed by atoms with Crippen LogP contribution in [0.25, 0.3) is 17.2 Å². The maximum atomic E-state index is 14.1. The minimum absolute atomic E-state index is 0.195. The number of ether oxygens (including phenoxy) is 1. The van der Waals surface area contributed by atoms with Crippen LogP contribution in [0.5, 0.6) is 5.75 Å². The smallest absolute Gasteiger partial charge is 0.181 e. The maximum absolute atomic E-state index is 14.1. The molecule has 1 aromatic carbocycles. The summed E-state index contributed by atoms with van der Waals surface area (Å²) in [4.78, 5) is 17.4. The van der Waals surface area contributed by atoms with Gasteiger partial charge in [0.05, 0.1) is 19.0 Å². The summed E-state index contributed by atoms with van der Waals surface area (Å²) in [6, 6.07) is 6.59. The lowest BCUT2D eigenvalue weighted by Gasteiger charge is -2.09. The number of hydrogen-bond acceptors (Lipinski definition) is 5. The van der Waals surface area contributed by atoms with Crippen molar-refractivity contribution in [2.24, 2.45) is 0 Å². The van der Waals surface area contributed by atoms with Gasteiger partial charge in [-0.1, -0.05) is 29.8 Å². The summed E-state index contributed by atoms with van der Waals surface area (Å²) in [7, 11) is 1.49. The molecule has 0 aliphatic heterocycles. The van der Waals surface area contributed by atoms with Gasteiger partial charge in [0.1, 0.15) is 11.5 Å². The van der Waals surface area contributed by atoms with Gasteiger partial charge in [0.15, 0.2) is 22.4 Å². The Morgan fingerprint density at radius 1 is 1.19 bits per heavy atom. The number of hydrogen-bond donors (Lipinski definition) is 0. The van der Waals surface area contributed by atoms with E-state index in [1.54, 1.807) is 41.2 Å². The molecule has 130 valence electrons. The van der Waals surface area contributed by atoms with Gasteiger partial charge in [0.25, 0.3) is 0 Å². The van der Waals surface area contributed by atoms with E-state index in [9.17, 15) is 4.39 Å². The van der Waals surface area contributed by atoms with Crippen LogP contribution in [0, 0.1) is 5.82 Å². The van der Waals surface area contributed by atoms with Crippen molar-refractivity contribution in [3.63, 3.8) is 0 Å². The predicted molar refractivity (Wildman–Crippen MR) is 94.8 cm³/mol. The van der Waals surface area contributed by atoms with Crippen molar-refractivity contribution < 1.29 is 9.13 Å².